The fraction of sp³-hybridized carbons (Fsp3) is 0. The van der Waals surface area contributed by atoms with E-state index in [9.17, 15) is 0 Å². The van der Waals surface area contributed by atoms with Crippen LogP contribution in [0.4, 0.5) is 0 Å². The van der Waals surface area contributed by atoms with Crippen molar-refractivity contribution in [3.05, 3.63) is 140 Å². The Labute approximate surface area is 271 Å². The molecule has 0 aliphatic heterocycles. The Bertz CT molecular complexity index is 3090. The normalized spacial score (nSPS) is 12.3. The summed E-state index contributed by atoms with van der Waals surface area (Å²) in [5, 5.41) is 10.7. The van der Waals surface area contributed by atoms with Crippen LogP contribution in [0.15, 0.2) is 144 Å². The van der Waals surface area contributed by atoms with E-state index >= 15 is 0 Å². The molecule has 0 amide bonds. The van der Waals surface area contributed by atoms with Crippen LogP contribution in [0, 0.1) is 0 Å². The van der Waals surface area contributed by atoms with Crippen molar-refractivity contribution in [2.45, 2.75) is 0 Å². The van der Waals surface area contributed by atoms with Crippen molar-refractivity contribution in [3.63, 3.8) is 0 Å². The molecule has 11 aromatic rings. The second kappa shape index (κ2) is 9.25. The van der Waals surface area contributed by atoms with Gasteiger partial charge in [0.1, 0.15) is 16.8 Å². The minimum atomic E-state index is 0.627. The van der Waals surface area contributed by atoms with Gasteiger partial charge in [-0.2, -0.15) is 0 Å². The maximum Gasteiger partial charge on any atom is 0.236 e. The van der Waals surface area contributed by atoms with Gasteiger partial charge in [0.2, 0.25) is 5.95 Å². The number of nitrogens with zero attached hydrogens (tertiary/aromatic N) is 3. The second-order valence-corrected chi connectivity index (χ2v) is 13.2. The lowest BCUT2D eigenvalue weighted by atomic mass is 10.00. The van der Waals surface area contributed by atoms with Crippen molar-refractivity contribution in [1.29, 1.82) is 0 Å². The van der Waals surface area contributed by atoms with Crippen LogP contribution in [0.2, 0.25) is 0 Å². The zero-order valence-electron chi connectivity index (χ0n) is 24.9. The zero-order valence-corrected chi connectivity index (χ0v) is 25.8. The third kappa shape index (κ3) is 3.41. The number of hydrogen-bond donors (Lipinski definition) is 0. The van der Waals surface area contributed by atoms with E-state index in [1.54, 1.807) is 0 Å². The third-order valence-electron chi connectivity index (χ3n) is 9.58. The molecule has 0 spiro atoms. The Morgan fingerprint density at radius 2 is 1.26 bits per heavy atom. The summed E-state index contributed by atoms with van der Waals surface area (Å²) < 4.78 is 11.4. The number of fused-ring (bicyclic) bond motifs is 14. The van der Waals surface area contributed by atoms with Gasteiger partial charge in [0.25, 0.3) is 0 Å². The van der Waals surface area contributed by atoms with E-state index in [2.05, 4.69) is 126 Å². The van der Waals surface area contributed by atoms with E-state index in [-0.39, 0.29) is 0 Å². The molecule has 0 unspecified atom stereocenters. The van der Waals surface area contributed by atoms with E-state index in [1.165, 1.54) is 47.1 Å². The summed E-state index contributed by atoms with van der Waals surface area (Å²) in [7, 11) is 0. The van der Waals surface area contributed by atoms with E-state index in [4.69, 9.17) is 14.4 Å². The smallest absolute Gasteiger partial charge is 0.236 e. The number of benzene rings is 7. The van der Waals surface area contributed by atoms with Crippen LogP contribution in [-0.4, -0.2) is 14.5 Å². The highest BCUT2D eigenvalue weighted by molar-refractivity contribution is 7.27. The van der Waals surface area contributed by atoms with Gasteiger partial charge in [0.05, 0.1) is 11.0 Å². The van der Waals surface area contributed by atoms with Crippen LogP contribution in [0.5, 0.6) is 0 Å². The molecule has 4 nitrogen and oxygen atoms in total. The molecule has 0 saturated carbocycles. The standard InChI is InChI=1S/C42H23N3OS/c1-2-12-25-23-26(22-21-24(25)11-1)37-40-38(30-16-6-9-19-33(30)46-40)44-42(43-37)45-32-18-8-5-15-29(32)35-36-31-17-7-10-20-34(31)47-41(36)28-14-4-3-13-27(28)39(35)45/h1-23H. The number of furan rings is 1. The molecule has 4 heterocycles. The first kappa shape index (κ1) is 25.2. The summed E-state index contributed by atoms with van der Waals surface area (Å²) in [6.45, 7) is 0. The highest BCUT2D eigenvalue weighted by atomic mass is 32.1. The van der Waals surface area contributed by atoms with Crippen LogP contribution in [0.3, 0.4) is 0 Å². The molecule has 0 atom stereocenters. The molecule has 5 heteroatoms. The summed E-state index contributed by atoms with van der Waals surface area (Å²) in [5.41, 5.74) is 6.28. The monoisotopic (exact) mass is 617 g/mol. The van der Waals surface area contributed by atoms with E-state index in [1.807, 2.05) is 29.5 Å². The van der Waals surface area contributed by atoms with Crippen molar-refractivity contribution in [2.75, 3.05) is 0 Å². The highest BCUT2D eigenvalue weighted by Crippen LogP contribution is 2.48. The van der Waals surface area contributed by atoms with E-state index in [0.717, 1.165) is 44.2 Å². The molecular weight excluding hydrogens is 595 g/mol. The van der Waals surface area contributed by atoms with E-state index < -0.39 is 0 Å². The number of hydrogen-bond acceptors (Lipinski definition) is 4. The van der Waals surface area contributed by atoms with Gasteiger partial charge < -0.3 is 4.42 Å². The predicted octanol–water partition coefficient (Wildman–Crippen LogP) is 11.8. The lowest BCUT2D eigenvalue weighted by Gasteiger charge is -2.12. The van der Waals surface area contributed by atoms with E-state index in [0.29, 0.717) is 11.5 Å². The second-order valence-electron chi connectivity index (χ2n) is 12.1. The first-order valence-electron chi connectivity index (χ1n) is 15.8. The molecule has 7 aromatic carbocycles. The first-order chi connectivity index (χ1) is 23.3. The van der Waals surface area contributed by atoms with Crippen molar-refractivity contribution >= 4 is 96.9 Å². The van der Waals surface area contributed by atoms with Gasteiger partial charge in [0.15, 0.2) is 5.58 Å². The summed E-state index contributed by atoms with van der Waals surface area (Å²) in [4.78, 5) is 10.8. The van der Waals surface area contributed by atoms with Crippen molar-refractivity contribution in [3.8, 4) is 17.2 Å². The lowest BCUT2D eigenvalue weighted by molar-refractivity contribution is 0.666. The van der Waals surface area contributed by atoms with Gasteiger partial charge >= 0.3 is 0 Å². The minimum absolute atomic E-state index is 0.627. The maximum absolute atomic E-state index is 6.53. The quantitative estimate of drug-likeness (QED) is 0.194. The van der Waals surface area contributed by atoms with Gasteiger partial charge in [-0.25, -0.2) is 9.97 Å². The predicted molar refractivity (Wildman–Crippen MR) is 197 cm³/mol. The van der Waals surface area contributed by atoms with Gasteiger partial charge in [-0.3, -0.25) is 4.57 Å². The van der Waals surface area contributed by atoms with Crippen molar-refractivity contribution < 1.29 is 4.42 Å². The van der Waals surface area contributed by atoms with Crippen LogP contribution in [-0.2, 0) is 0 Å². The summed E-state index contributed by atoms with van der Waals surface area (Å²) >= 11 is 1.87. The molecule has 218 valence electrons. The zero-order chi connectivity index (χ0) is 30.6. The Balaban J connectivity index is 1.35. The number of para-hydroxylation sites is 2. The summed E-state index contributed by atoms with van der Waals surface area (Å²) in [5.74, 6) is 0.627. The molecule has 0 aliphatic rings. The maximum atomic E-state index is 6.53. The Kier molecular flexibility index (Phi) is 4.96. The molecular formula is C42H23N3OS. The van der Waals surface area contributed by atoms with Gasteiger partial charge in [-0.05, 0) is 41.1 Å². The van der Waals surface area contributed by atoms with Gasteiger partial charge in [-0.15, -0.1) is 11.3 Å². The molecule has 0 N–H and O–H groups in total. The molecule has 0 saturated heterocycles. The van der Waals surface area contributed by atoms with Crippen LogP contribution in [0.1, 0.15) is 0 Å². The Morgan fingerprint density at radius 3 is 2.15 bits per heavy atom. The molecule has 0 aliphatic carbocycles. The molecule has 4 aromatic heterocycles. The average molecular weight is 618 g/mol. The Morgan fingerprint density at radius 1 is 0.553 bits per heavy atom. The first-order valence-corrected chi connectivity index (χ1v) is 16.6. The molecule has 47 heavy (non-hydrogen) atoms. The van der Waals surface area contributed by atoms with Gasteiger partial charge in [-0.1, -0.05) is 109 Å². The molecule has 0 bridgehead atoms. The van der Waals surface area contributed by atoms with Crippen molar-refractivity contribution in [2.24, 2.45) is 0 Å². The molecule has 11 rings (SSSR count). The number of thiophene rings is 1. The Hall–Kier alpha value is -6.04. The fourth-order valence-electron chi connectivity index (χ4n) is 7.54. The molecule has 0 fully saturated rings. The molecule has 0 radical (unpaired) electrons. The average Bonchev–Trinajstić information content (AvgIpc) is 3.81. The summed E-state index contributed by atoms with van der Waals surface area (Å²) in [6, 6.07) is 49.3. The largest absolute Gasteiger partial charge is 0.452 e. The fourth-order valence-corrected chi connectivity index (χ4v) is 8.79. The van der Waals surface area contributed by atoms with Crippen LogP contribution in [0.25, 0.3) is 103 Å². The lowest BCUT2D eigenvalue weighted by Crippen LogP contribution is -2.03. The topological polar surface area (TPSA) is 43.9 Å². The minimum Gasteiger partial charge on any atom is -0.452 e. The SMILES string of the molecule is c1ccc2cc(-c3nc(-n4c5ccccc5c5c6c7ccccc7sc6c6ccccc6c54)nc4c3oc3ccccc34)ccc2c1. The van der Waals surface area contributed by atoms with Crippen molar-refractivity contribution in [1.82, 2.24) is 14.5 Å². The number of aromatic nitrogens is 3. The van der Waals surface area contributed by atoms with Crippen LogP contribution < -0.4 is 0 Å². The highest BCUT2D eigenvalue weighted by Gasteiger charge is 2.25. The third-order valence-corrected chi connectivity index (χ3v) is 10.8. The number of rotatable bonds is 2. The summed E-state index contributed by atoms with van der Waals surface area (Å²) in [6.07, 6.45) is 0. The van der Waals surface area contributed by atoms with Crippen LogP contribution >= 0.6 is 11.3 Å². The van der Waals surface area contributed by atoms with Gasteiger partial charge in [0, 0.05) is 52.7 Å².